The van der Waals surface area contributed by atoms with Crippen LogP contribution in [0, 0.1) is 0 Å². The maximum atomic E-state index is 12.0. The summed E-state index contributed by atoms with van der Waals surface area (Å²) in [5, 5.41) is 14.7. The van der Waals surface area contributed by atoms with E-state index in [2.05, 4.69) is 10.3 Å². The molecule has 5 heteroatoms. The molecule has 0 spiro atoms. The molecular formula is C19H19ClN2O2. The van der Waals surface area contributed by atoms with Gasteiger partial charge in [0.15, 0.2) is 0 Å². The number of rotatable bonds is 6. The lowest BCUT2D eigenvalue weighted by Crippen LogP contribution is -2.27. The second kappa shape index (κ2) is 7.51. The predicted octanol–water partition coefficient (Wildman–Crippen LogP) is 3.60. The molecule has 1 unspecified atom stereocenters. The van der Waals surface area contributed by atoms with E-state index in [1.165, 1.54) is 0 Å². The Labute approximate surface area is 145 Å². The third-order valence-electron chi connectivity index (χ3n) is 4.01. The fourth-order valence-electron chi connectivity index (χ4n) is 2.73. The van der Waals surface area contributed by atoms with Crippen LogP contribution in [0.25, 0.3) is 10.9 Å². The van der Waals surface area contributed by atoms with Gasteiger partial charge in [-0.05, 0) is 35.7 Å². The first kappa shape index (κ1) is 16.6. The van der Waals surface area contributed by atoms with Gasteiger partial charge in [0, 0.05) is 28.7 Å². The van der Waals surface area contributed by atoms with E-state index in [1.54, 1.807) is 0 Å². The van der Waals surface area contributed by atoms with Crippen molar-refractivity contribution in [2.45, 2.75) is 18.9 Å². The van der Waals surface area contributed by atoms with Crippen LogP contribution < -0.4 is 5.32 Å². The number of amides is 1. The van der Waals surface area contributed by atoms with Crippen molar-refractivity contribution in [3.8, 4) is 0 Å². The van der Waals surface area contributed by atoms with E-state index in [0.29, 0.717) is 18.0 Å². The molecule has 1 atom stereocenters. The second-order valence-corrected chi connectivity index (χ2v) is 6.17. The minimum atomic E-state index is -0.780. The number of aromatic amines is 1. The van der Waals surface area contributed by atoms with Crippen molar-refractivity contribution in [3.63, 3.8) is 0 Å². The maximum absolute atomic E-state index is 12.0. The zero-order valence-corrected chi connectivity index (χ0v) is 13.9. The van der Waals surface area contributed by atoms with Gasteiger partial charge in [0.25, 0.3) is 0 Å². The van der Waals surface area contributed by atoms with Crippen LogP contribution in [0.5, 0.6) is 0 Å². The first-order chi connectivity index (χ1) is 11.6. The lowest BCUT2D eigenvalue weighted by atomic mass is 10.1. The van der Waals surface area contributed by atoms with Gasteiger partial charge in [-0.25, -0.2) is 0 Å². The van der Waals surface area contributed by atoms with Crippen LogP contribution >= 0.6 is 11.6 Å². The van der Waals surface area contributed by atoms with Crippen molar-refractivity contribution in [2.24, 2.45) is 0 Å². The summed E-state index contributed by atoms with van der Waals surface area (Å²) in [5.74, 6) is -0.163. The number of aromatic nitrogens is 1. The minimum Gasteiger partial charge on any atom is -0.388 e. The van der Waals surface area contributed by atoms with Gasteiger partial charge in [-0.1, -0.05) is 41.9 Å². The highest BCUT2D eigenvalue weighted by Gasteiger charge is 2.12. The lowest BCUT2D eigenvalue weighted by molar-refractivity contribution is -0.123. The molecule has 0 aliphatic carbocycles. The molecule has 0 aliphatic heterocycles. The molecule has 2 aromatic carbocycles. The molecule has 3 aromatic rings. The number of hydrogen-bond donors (Lipinski definition) is 3. The van der Waals surface area contributed by atoms with E-state index in [1.807, 2.05) is 54.7 Å². The molecule has 0 radical (unpaired) electrons. The van der Waals surface area contributed by atoms with Crippen LogP contribution in [0.4, 0.5) is 0 Å². The third-order valence-corrected chi connectivity index (χ3v) is 4.24. The van der Waals surface area contributed by atoms with Crippen molar-refractivity contribution in [1.82, 2.24) is 10.3 Å². The number of H-pyrrole nitrogens is 1. The molecule has 4 nitrogen and oxygen atoms in total. The van der Waals surface area contributed by atoms with Gasteiger partial charge in [-0.2, -0.15) is 0 Å². The molecule has 0 saturated carbocycles. The molecule has 3 N–H and O–H groups in total. The number of fused-ring (bicyclic) bond motifs is 1. The third kappa shape index (κ3) is 3.96. The van der Waals surface area contributed by atoms with Crippen molar-refractivity contribution in [2.75, 3.05) is 6.54 Å². The first-order valence-electron chi connectivity index (χ1n) is 7.88. The van der Waals surface area contributed by atoms with Gasteiger partial charge < -0.3 is 15.4 Å². The highest BCUT2D eigenvalue weighted by atomic mass is 35.5. The Bertz CT molecular complexity index is 830. The Kier molecular flexibility index (Phi) is 5.18. The summed E-state index contributed by atoms with van der Waals surface area (Å²) >= 11 is 6.04. The molecule has 1 heterocycles. The summed E-state index contributed by atoms with van der Waals surface area (Å²) < 4.78 is 0. The summed E-state index contributed by atoms with van der Waals surface area (Å²) in [6, 6.07) is 14.9. The molecule has 124 valence electrons. The summed E-state index contributed by atoms with van der Waals surface area (Å²) in [6.45, 7) is 0.514. The summed E-state index contributed by atoms with van der Waals surface area (Å²) in [7, 11) is 0. The molecule has 1 aromatic heterocycles. The van der Waals surface area contributed by atoms with Gasteiger partial charge in [0.1, 0.15) is 0 Å². The standard InChI is InChI=1S/C19H19ClN2O2/c20-15-6-7-17-16(10-15)14(12-22-17)8-9-21-19(24)11-18(23)13-4-2-1-3-5-13/h1-7,10,12,18,22-23H,8-9,11H2,(H,21,24). The fraction of sp³-hybridized carbons (Fsp3) is 0.211. The van der Waals surface area contributed by atoms with E-state index in [4.69, 9.17) is 11.6 Å². The smallest absolute Gasteiger partial charge is 0.222 e. The van der Waals surface area contributed by atoms with E-state index < -0.39 is 6.10 Å². The zero-order chi connectivity index (χ0) is 16.9. The lowest BCUT2D eigenvalue weighted by Gasteiger charge is -2.11. The number of carbonyl (C=O) groups excluding carboxylic acids is 1. The fourth-order valence-corrected chi connectivity index (χ4v) is 2.91. The molecule has 3 rings (SSSR count). The molecule has 0 fully saturated rings. The minimum absolute atomic E-state index is 0.0593. The molecule has 24 heavy (non-hydrogen) atoms. The SMILES string of the molecule is O=C(CC(O)c1ccccc1)NCCc1c[nH]c2ccc(Cl)cc12. The maximum Gasteiger partial charge on any atom is 0.222 e. The Balaban J connectivity index is 1.52. The number of halogens is 1. The molecule has 0 aliphatic rings. The monoisotopic (exact) mass is 342 g/mol. The number of hydrogen-bond acceptors (Lipinski definition) is 2. The van der Waals surface area contributed by atoms with Crippen molar-refractivity contribution in [3.05, 3.63) is 70.9 Å². The Morgan fingerprint density at radius 2 is 2.00 bits per heavy atom. The van der Waals surface area contributed by atoms with Gasteiger partial charge in [-0.15, -0.1) is 0 Å². The van der Waals surface area contributed by atoms with Gasteiger partial charge in [0.05, 0.1) is 12.5 Å². The van der Waals surface area contributed by atoms with Crippen LogP contribution in [0.2, 0.25) is 5.02 Å². The van der Waals surface area contributed by atoms with Crippen LogP contribution in [0.3, 0.4) is 0 Å². The average Bonchev–Trinajstić information content (AvgIpc) is 2.98. The Morgan fingerprint density at radius 3 is 2.79 bits per heavy atom. The zero-order valence-electron chi connectivity index (χ0n) is 13.1. The topological polar surface area (TPSA) is 65.1 Å². The summed E-state index contributed by atoms with van der Waals surface area (Å²) in [4.78, 5) is 15.2. The number of carbonyl (C=O) groups is 1. The van der Waals surface area contributed by atoms with Gasteiger partial charge in [0.2, 0.25) is 5.91 Å². The van der Waals surface area contributed by atoms with Crippen LogP contribution in [0.15, 0.2) is 54.7 Å². The van der Waals surface area contributed by atoms with Crippen LogP contribution in [-0.2, 0) is 11.2 Å². The largest absolute Gasteiger partial charge is 0.388 e. The van der Waals surface area contributed by atoms with Crippen LogP contribution in [-0.4, -0.2) is 22.5 Å². The van der Waals surface area contributed by atoms with Crippen molar-refractivity contribution >= 4 is 28.4 Å². The summed E-state index contributed by atoms with van der Waals surface area (Å²) in [6.07, 6.45) is 1.92. The van der Waals surface area contributed by atoms with E-state index >= 15 is 0 Å². The predicted molar refractivity (Wildman–Crippen MR) is 96.0 cm³/mol. The van der Waals surface area contributed by atoms with E-state index in [9.17, 15) is 9.90 Å². The van der Waals surface area contributed by atoms with Crippen LogP contribution in [0.1, 0.15) is 23.7 Å². The number of aliphatic hydroxyl groups is 1. The molecule has 0 saturated heterocycles. The summed E-state index contributed by atoms with van der Waals surface area (Å²) in [5.41, 5.74) is 2.88. The second-order valence-electron chi connectivity index (χ2n) is 5.73. The molecular weight excluding hydrogens is 324 g/mol. The highest BCUT2D eigenvalue weighted by molar-refractivity contribution is 6.31. The number of benzene rings is 2. The molecule has 1 amide bonds. The molecule has 0 bridgehead atoms. The first-order valence-corrected chi connectivity index (χ1v) is 8.26. The quantitative estimate of drug-likeness (QED) is 0.640. The van der Waals surface area contributed by atoms with E-state index in [0.717, 1.165) is 22.0 Å². The Hall–Kier alpha value is -2.30. The van der Waals surface area contributed by atoms with Gasteiger partial charge >= 0.3 is 0 Å². The average molecular weight is 343 g/mol. The number of nitrogens with one attached hydrogen (secondary N) is 2. The Morgan fingerprint density at radius 1 is 1.21 bits per heavy atom. The van der Waals surface area contributed by atoms with Crippen molar-refractivity contribution in [1.29, 1.82) is 0 Å². The number of aliphatic hydroxyl groups excluding tert-OH is 1. The highest BCUT2D eigenvalue weighted by Crippen LogP contribution is 2.22. The van der Waals surface area contributed by atoms with E-state index in [-0.39, 0.29) is 12.3 Å². The van der Waals surface area contributed by atoms with Gasteiger partial charge in [-0.3, -0.25) is 4.79 Å². The normalized spacial score (nSPS) is 12.2. The van der Waals surface area contributed by atoms with Crippen molar-refractivity contribution < 1.29 is 9.90 Å².